The van der Waals surface area contributed by atoms with Crippen LogP contribution in [0.25, 0.3) is 10.4 Å². The Morgan fingerprint density at radius 3 is 2.90 bits per heavy atom. The minimum atomic E-state index is 0.0635. The van der Waals surface area contributed by atoms with Crippen molar-refractivity contribution in [2.45, 2.75) is 26.3 Å². The van der Waals surface area contributed by atoms with E-state index in [0.717, 1.165) is 31.5 Å². The monoisotopic (exact) mass is 403 g/mol. The van der Waals surface area contributed by atoms with Gasteiger partial charge in [-0.1, -0.05) is 17.2 Å². The van der Waals surface area contributed by atoms with Gasteiger partial charge in [0.2, 0.25) is 5.91 Å². The van der Waals surface area contributed by atoms with Crippen LogP contribution in [0.15, 0.2) is 23.3 Å². The average Bonchev–Trinajstić information content (AvgIpc) is 2.44. The number of aromatic hydroxyl groups is 1. The molecule has 1 aromatic rings. The van der Waals surface area contributed by atoms with E-state index in [0.29, 0.717) is 12.2 Å². The van der Waals surface area contributed by atoms with E-state index in [1.54, 1.807) is 22.2 Å². The molecule has 1 rings (SSSR count). The predicted molar refractivity (Wildman–Crippen MR) is 89.3 cm³/mol. The quantitative estimate of drug-likeness (QED) is 0.174. The maximum Gasteiger partial charge on any atom is 0.228 e. The number of nitrogens with one attached hydrogen (secondary N) is 1. The molecule has 1 amide bonds. The van der Waals surface area contributed by atoms with Crippen molar-refractivity contribution in [3.8, 4) is 5.75 Å². The van der Waals surface area contributed by atoms with Crippen molar-refractivity contribution >= 4 is 34.5 Å². The summed E-state index contributed by atoms with van der Waals surface area (Å²) in [7, 11) is 0. The van der Waals surface area contributed by atoms with Gasteiger partial charge in [0.1, 0.15) is 5.75 Å². The molecule has 0 atom stereocenters. The number of amides is 1. The van der Waals surface area contributed by atoms with Crippen molar-refractivity contribution in [3.63, 3.8) is 0 Å². The van der Waals surface area contributed by atoms with Gasteiger partial charge in [0.05, 0.1) is 22.9 Å². The van der Waals surface area contributed by atoms with Crippen LogP contribution in [-0.4, -0.2) is 27.2 Å². The normalized spacial score (nSPS) is 10.0. The number of benzene rings is 1. The molecule has 0 unspecified atom stereocenters. The molecular weight excluding hydrogens is 385 g/mol. The highest BCUT2D eigenvalue weighted by Gasteiger charge is 2.04. The number of carbonyl (C=O) groups is 1. The number of nitrogens with zero attached hydrogens (tertiary/aromatic N) is 4. The molecule has 0 heterocycles. The van der Waals surface area contributed by atoms with Gasteiger partial charge in [-0.2, -0.15) is 0 Å². The van der Waals surface area contributed by atoms with Gasteiger partial charge in [-0.3, -0.25) is 7.91 Å². The lowest BCUT2D eigenvalue weighted by molar-refractivity contribution is -0.122. The molecule has 0 bridgehead atoms. The third-order valence-corrected chi connectivity index (χ3v) is 4.01. The number of hydrogen-bond acceptors (Lipinski definition) is 4. The minimum absolute atomic E-state index is 0.0635. The lowest BCUT2D eigenvalue weighted by atomic mass is 10.2. The molecule has 8 heteroatoms. The SMILES string of the molecule is CC(=O)N(I)CCCCNCc1ccc(N=[N+]=[N-])cc1O. The van der Waals surface area contributed by atoms with Gasteiger partial charge in [0.25, 0.3) is 0 Å². The van der Waals surface area contributed by atoms with E-state index in [4.69, 9.17) is 5.53 Å². The Bertz CT molecular complexity index is 531. The van der Waals surface area contributed by atoms with Gasteiger partial charge in [-0.25, -0.2) is 0 Å². The Morgan fingerprint density at radius 2 is 2.29 bits per heavy atom. The zero-order chi connectivity index (χ0) is 15.7. The molecule has 0 radical (unpaired) electrons. The fraction of sp³-hybridized carbons (Fsp3) is 0.462. The summed E-state index contributed by atoms with van der Waals surface area (Å²) in [6.07, 6.45) is 1.88. The summed E-state index contributed by atoms with van der Waals surface area (Å²) in [6.45, 7) is 3.64. The van der Waals surface area contributed by atoms with Crippen molar-refractivity contribution in [1.29, 1.82) is 0 Å². The van der Waals surface area contributed by atoms with E-state index in [9.17, 15) is 9.90 Å². The Morgan fingerprint density at radius 1 is 1.52 bits per heavy atom. The zero-order valence-electron chi connectivity index (χ0n) is 11.8. The number of phenols is 1. The summed E-state index contributed by atoms with van der Waals surface area (Å²) in [6, 6.07) is 4.84. The van der Waals surface area contributed by atoms with Crippen molar-refractivity contribution in [2.24, 2.45) is 5.11 Å². The summed E-state index contributed by atoms with van der Waals surface area (Å²) in [4.78, 5) is 13.7. The first kappa shape index (κ1) is 17.5. The molecule has 21 heavy (non-hydrogen) atoms. The largest absolute Gasteiger partial charge is 0.508 e. The second-order valence-electron chi connectivity index (χ2n) is 4.49. The number of rotatable bonds is 8. The van der Waals surface area contributed by atoms with Crippen LogP contribution in [0.1, 0.15) is 25.3 Å². The molecule has 0 aliphatic carbocycles. The third-order valence-electron chi connectivity index (χ3n) is 2.84. The summed E-state index contributed by atoms with van der Waals surface area (Å²) < 4.78 is 1.66. The molecule has 0 spiro atoms. The van der Waals surface area contributed by atoms with E-state index >= 15 is 0 Å². The topological polar surface area (TPSA) is 101 Å². The maximum atomic E-state index is 11.0. The number of azide groups is 1. The van der Waals surface area contributed by atoms with Gasteiger partial charge < -0.3 is 10.4 Å². The first-order valence-corrected chi connectivity index (χ1v) is 7.52. The van der Waals surface area contributed by atoms with Crippen LogP contribution < -0.4 is 5.32 Å². The Balaban J connectivity index is 2.27. The average molecular weight is 403 g/mol. The molecule has 114 valence electrons. The van der Waals surface area contributed by atoms with Crippen molar-refractivity contribution in [3.05, 3.63) is 34.2 Å². The number of carbonyl (C=O) groups excluding carboxylic acids is 1. The number of unbranched alkanes of at least 4 members (excludes halogenated alkanes) is 1. The molecule has 0 saturated heterocycles. The summed E-state index contributed by atoms with van der Waals surface area (Å²) in [5, 5.41) is 16.4. The smallest absolute Gasteiger partial charge is 0.228 e. The van der Waals surface area contributed by atoms with Gasteiger partial charge in [-0.15, -0.1) is 0 Å². The van der Waals surface area contributed by atoms with E-state index in [2.05, 4.69) is 15.3 Å². The summed E-state index contributed by atoms with van der Waals surface area (Å²) >= 11 is 2.01. The standard InChI is InChI=1S/C13H18IN5O2/c1-10(20)19(14)7-3-2-6-16-9-11-4-5-12(17-18-15)8-13(11)21/h4-5,8,16,21H,2-3,6-7,9H2,1H3. The van der Waals surface area contributed by atoms with Crippen LogP contribution in [0.2, 0.25) is 0 Å². The van der Waals surface area contributed by atoms with Crippen LogP contribution in [0.3, 0.4) is 0 Å². The molecule has 0 aromatic heterocycles. The fourth-order valence-corrected chi connectivity index (χ4v) is 2.04. The molecule has 1 aromatic carbocycles. The van der Waals surface area contributed by atoms with E-state index in [1.165, 1.54) is 6.07 Å². The zero-order valence-corrected chi connectivity index (χ0v) is 13.9. The van der Waals surface area contributed by atoms with Crippen LogP contribution in [-0.2, 0) is 11.3 Å². The molecule has 0 aliphatic rings. The van der Waals surface area contributed by atoms with E-state index < -0.39 is 0 Å². The molecule has 2 N–H and O–H groups in total. The second-order valence-corrected chi connectivity index (χ2v) is 5.66. The lowest BCUT2D eigenvalue weighted by Crippen LogP contribution is -2.20. The highest BCUT2D eigenvalue weighted by Crippen LogP contribution is 2.23. The summed E-state index contributed by atoms with van der Waals surface area (Å²) in [5.74, 6) is 0.177. The molecule has 7 nitrogen and oxygen atoms in total. The molecule has 0 saturated carbocycles. The third kappa shape index (κ3) is 6.65. The van der Waals surface area contributed by atoms with Crippen LogP contribution >= 0.6 is 22.9 Å². The van der Waals surface area contributed by atoms with E-state index in [1.807, 2.05) is 22.9 Å². The number of halogens is 1. The van der Waals surface area contributed by atoms with E-state index in [-0.39, 0.29) is 11.7 Å². The van der Waals surface area contributed by atoms with Gasteiger partial charge in [0.15, 0.2) is 0 Å². The fourth-order valence-electron chi connectivity index (χ4n) is 1.70. The number of phenolic OH excluding ortho intramolecular Hbond substituents is 1. The van der Waals surface area contributed by atoms with Crippen molar-refractivity contribution < 1.29 is 9.90 Å². The van der Waals surface area contributed by atoms with Crippen LogP contribution in [0.4, 0.5) is 5.69 Å². The Hall–Kier alpha value is -1.51. The highest BCUT2D eigenvalue weighted by molar-refractivity contribution is 14.1. The van der Waals surface area contributed by atoms with Crippen LogP contribution in [0, 0.1) is 0 Å². The van der Waals surface area contributed by atoms with Crippen molar-refractivity contribution in [1.82, 2.24) is 8.43 Å². The maximum absolute atomic E-state index is 11.0. The molecule has 0 aliphatic heterocycles. The predicted octanol–water partition coefficient (Wildman–Crippen LogP) is 3.40. The molecular formula is C13H18IN5O2. The summed E-state index contributed by atoms with van der Waals surface area (Å²) in [5.41, 5.74) is 9.47. The first-order chi connectivity index (χ1) is 10.0. The van der Waals surface area contributed by atoms with Gasteiger partial charge in [0, 0.05) is 36.2 Å². The second kappa shape index (κ2) is 9.43. The van der Waals surface area contributed by atoms with Gasteiger partial charge in [-0.05, 0) is 31.0 Å². The molecule has 0 fully saturated rings. The minimum Gasteiger partial charge on any atom is -0.508 e. The first-order valence-electron chi connectivity index (χ1n) is 6.56. The van der Waals surface area contributed by atoms with Crippen molar-refractivity contribution in [2.75, 3.05) is 13.1 Å². The highest BCUT2D eigenvalue weighted by atomic mass is 127. The number of hydrogen-bond donors (Lipinski definition) is 2. The van der Waals surface area contributed by atoms with Gasteiger partial charge >= 0.3 is 0 Å². The van der Waals surface area contributed by atoms with Crippen LogP contribution in [0.5, 0.6) is 5.75 Å². The Kier molecular flexibility index (Phi) is 7.88. The Labute approximate surface area is 137 Å². The lowest BCUT2D eigenvalue weighted by Gasteiger charge is -2.12.